The lowest BCUT2D eigenvalue weighted by Crippen LogP contribution is -2.25. The lowest BCUT2D eigenvalue weighted by molar-refractivity contribution is -0.123. The predicted octanol–water partition coefficient (Wildman–Crippen LogP) is 4.07. The summed E-state index contributed by atoms with van der Waals surface area (Å²) in [6.45, 7) is 3.66. The Morgan fingerprint density at radius 1 is 1.31 bits per heavy atom. The molecule has 2 N–H and O–H groups in total. The second kappa shape index (κ2) is 9.05. The van der Waals surface area contributed by atoms with Crippen LogP contribution < -0.4 is 14.9 Å². The Morgan fingerprint density at radius 3 is 2.58 bits per heavy atom. The summed E-state index contributed by atoms with van der Waals surface area (Å²) in [5.74, 6) is 0.462. The highest BCUT2D eigenvalue weighted by Gasteiger charge is 2.14. The van der Waals surface area contributed by atoms with Gasteiger partial charge in [-0.3, -0.25) is 4.79 Å². The summed E-state index contributed by atoms with van der Waals surface area (Å²) in [4.78, 5) is 11.9. The van der Waals surface area contributed by atoms with E-state index in [0.29, 0.717) is 20.3 Å². The van der Waals surface area contributed by atoms with Crippen LogP contribution in [-0.2, 0) is 4.79 Å². The van der Waals surface area contributed by atoms with Gasteiger partial charge in [-0.15, -0.1) is 0 Å². The molecule has 0 spiro atoms. The van der Waals surface area contributed by atoms with E-state index in [1.54, 1.807) is 6.07 Å². The van der Waals surface area contributed by atoms with Crippen molar-refractivity contribution in [2.24, 2.45) is 5.10 Å². The van der Waals surface area contributed by atoms with Crippen LogP contribution in [0.1, 0.15) is 16.7 Å². The number of para-hydroxylation sites is 1. The third-order valence-electron chi connectivity index (χ3n) is 3.55. The number of carbonyl (C=O) groups is 1. The Bertz CT molecular complexity index is 833. The van der Waals surface area contributed by atoms with Crippen LogP contribution in [0.4, 0.5) is 0 Å². The molecule has 2 rings (SSSR count). The maximum Gasteiger partial charge on any atom is 0.277 e. The third kappa shape index (κ3) is 4.76. The zero-order chi connectivity index (χ0) is 19.3. The zero-order valence-corrected chi connectivity index (χ0v) is 17.6. The van der Waals surface area contributed by atoms with E-state index in [-0.39, 0.29) is 18.1 Å². The lowest BCUT2D eigenvalue weighted by atomic mass is 10.1. The predicted molar refractivity (Wildman–Crippen MR) is 107 cm³/mol. The van der Waals surface area contributed by atoms with Crippen LogP contribution in [0.3, 0.4) is 0 Å². The molecule has 0 saturated heterocycles. The highest BCUT2D eigenvalue weighted by Crippen LogP contribution is 2.39. The van der Waals surface area contributed by atoms with Gasteiger partial charge in [-0.05, 0) is 62.9 Å². The number of amides is 1. The standard InChI is InChI=1S/C18H18Br2N2O4/c1-10-5-4-6-11(2)18(10)26-9-15(23)22-21-8-12-16(20)13(19)7-14(25-3)17(12)24/h4-8,24H,9H2,1-3H3,(H,22,23)/b21-8+. The fraction of sp³-hybridized carbons (Fsp3) is 0.222. The van der Waals surface area contributed by atoms with E-state index < -0.39 is 5.91 Å². The van der Waals surface area contributed by atoms with Crippen LogP contribution in [0.15, 0.2) is 38.3 Å². The quantitative estimate of drug-likeness (QED) is 0.477. The normalized spacial score (nSPS) is 10.8. The molecular formula is C18H18Br2N2O4. The summed E-state index contributed by atoms with van der Waals surface area (Å²) < 4.78 is 11.9. The topological polar surface area (TPSA) is 80.2 Å². The lowest BCUT2D eigenvalue weighted by Gasteiger charge is -2.11. The number of carbonyl (C=O) groups excluding carboxylic acids is 1. The van der Waals surface area contributed by atoms with Gasteiger partial charge < -0.3 is 14.6 Å². The molecule has 0 aliphatic rings. The molecule has 8 heteroatoms. The number of hydrazone groups is 1. The van der Waals surface area contributed by atoms with Gasteiger partial charge in [0.25, 0.3) is 5.91 Å². The number of hydrogen-bond donors (Lipinski definition) is 2. The number of nitrogens with zero attached hydrogens (tertiary/aromatic N) is 1. The molecule has 6 nitrogen and oxygen atoms in total. The summed E-state index contributed by atoms with van der Waals surface area (Å²) in [5.41, 5.74) is 4.65. The number of rotatable bonds is 6. The van der Waals surface area contributed by atoms with E-state index in [4.69, 9.17) is 9.47 Å². The molecule has 1 amide bonds. The number of benzene rings is 2. The van der Waals surface area contributed by atoms with Gasteiger partial charge in [-0.25, -0.2) is 5.43 Å². The highest BCUT2D eigenvalue weighted by atomic mass is 79.9. The first kappa shape index (κ1) is 20.3. The van der Waals surface area contributed by atoms with Crippen molar-refractivity contribution in [3.05, 3.63) is 49.9 Å². The molecule has 0 aliphatic carbocycles. The summed E-state index contributed by atoms with van der Waals surface area (Å²) in [6, 6.07) is 7.38. The summed E-state index contributed by atoms with van der Waals surface area (Å²) in [7, 11) is 1.45. The molecule has 2 aromatic carbocycles. The zero-order valence-electron chi connectivity index (χ0n) is 14.5. The first-order chi connectivity index (χ1) is 12.3. The van der Waals surface area contributed by atoms with E-state index in [2.05, 4.69) is 42.4 Å². The molecule has 0 heterocycles. The van der Waals surface area contributed by atoms with Gasteiger partial charge in [-0.1, -0.05) is 18.2 Å². The number of phenols is 1. The van der Waals surface area contributed by atoms with Gasteiger partial charge in [0, 0.05) is 8.95 Å². The molecule has 0 bridgehead atoms. The highest BCUT2D eigenvalue weighted by molar-refractivity contribution is 9.13. The number of aryl methyl sites for hydroxylation is 2. The van der Waals surface area contributed by atoms with E-state index in [1.807, 2.05) is 32.0 Å². The van der Waals surface area contributed by atoms with Gasteiger partial charge in [0.1, 0.15) is 5.75 Å². The first-order valence-electron chi connectivity index (χ1n) is 7.61. The minimum atomic E-state index is -0.415. The van der Waals surface area contributed by atoms with Crippen LogP contribution >= 0.6 is 31.9 Å². The van der Waals surface area contributed by atoms with Gasteiger partial charge in [0.15, 0.2) is 18.1 Å². The number of halogens is 2. The Morgan fingerprint density at radius 2 is 1.96 bits per heavy atom. The Hall–Kier alpha value is -2.06. The second-order valence-corrected chi connectivity index (χ2v) is 7.09. The van der Waals surface area contributed by atoms with Crippen molar-refractivity contribution in [2.75, 3.05) is 13.7 Å². The molecule has 26 heavy (non-hydrogen) atoms. The van der Waals surface area contributed by atoms with Gasteiger partial charge >= 0.3 is 0 Å². The Balaban J connectivity index is 2.03. The van der Waals surface area contributed by atoms with Crippen LogP contribution in [0.25, 0.3) is 0 Å². The third-order valence-corrected chi connectivity index (χ3v) is 5.56. The molecular weight excluding hydrogens is 468 g/mol. The van der Waals surface area contributed by atoms with Crippen molar-refractivity contribution in [1.29, 1.82) is 0 Å². The van der Waals surface area contributed by atoms with Crippen LogP contribution in [0, 0.1) is 13.8 Å². The van der Waals surface area contributed by atoms with Crippen molar-refractivity contribution in [3.8, 4) is 17.2 Å². The number of phenolic OH excluding ortho intramolecular Hbond substituents is 1. The molecule has 0 aromatic heterocycles. The van der Waals surface area contributed by atoms with Crippen molar-refractivity contribution in [3.63, 3.8) is 0 Å². The monoisotopic (exact) mass is 484 g/mol. The minimum Gasteiger partial charge on any atom is -0.504 e. The maximum atomic E-state index is 11.9. The SMILES string of the molecule is COc1cc(Br)c(Br)c(/C=N/NC(=O)COc2c(C)cccc2C)c1O. The minimum absolute atomic E-state index is 0.0904. The summed E-state index contributed by atoms with van der Waals surface area (Å²) in [6.07, 6.45) is 1.32. The molecule has 0 unspecified atom stereocenters. The Labute approximate surface area is 168 Å². The molecule has 138 valence electrons. The number of aromatic hydroxyl groups is 1. The summed E-state index contributed by atoms with van der Waals surface area (Å²) in [5, 5.41) is 14.0. The first-order valence-corrected chi connectivity index (χ1v) is 9.19. The van der Waals surface area contributed by atoms with E-state index >= 15 is 0 Å². The van der Waals surface area contributed by atoms with Crippen LogP contribution in [-0.4, -0.2) is 30.9 Å². The van der Waals surface area contributed by atoms with E-state index in [9.17, 15) is 9.90 Å². The maximum absolute atomic E-state index is 11.9. The van der Waals surface area contributed by atoms with Crippen LogP contribution in [0.2, 0.25) is 0 Å². The number of hydrogen-bond acceptors (Lipinski definition) is 5. The summed E-state index contributed by atoms with van der Waals surface area (Å²) >= 11 is 6.70. The van der Waals surface area contributed by atoms with Crippen molar-refractivity contribution in [2.45, 2.75) is 13.8 Å². The number of methoxy groups -OCH3 is 1. The molecule has 0 radical (unpaired) electrons. The molecule has 2 aromatic rings. The van der Waals surface area contributed by atoms with Gasteiger partial charge in [0.05, 0.1) is 18.9 Å². The molecule has 0 saturated carbocycles. The molecule has 0 fully saturated rings. The molecule has 0 atom stereocenters. The smallest absolute Gasteiger partial charge is 0.277 e. The average molecular weight is 486 g/mol. The molecule has 0 aliphatic heterocycles. The number of ether oxygens (including phenoxy) is 2. The van der Waals surface area contributed by atoms with Crippen molar-refractivity contribution < 1.29 is 19.4 Å². The fourth-order valence-electron chi connectivity index (χ4n) is 2.25. The van der Waals surface area contributed by atoms with Crippen LogP contribution in [0.5, 0.6) is 17.2 Å². The van der Waals surface area contributed by atoms with Gasteiger partial charge in [0.2, 0.25) is 0 Å². The number of nitrogens with one attached hydrogen (secondary N) is 1. The van der Waals surface area contributed by atoms with Gasteiger partial charge in [-0.2, -0.15) is 5.10 Å². The average Bonchev–Trinajstić information content (AvgIpc) is 2.60. The largest absolute Gasteiger partial charge is 0.504 e. The van der Waals surface area contributed by atoms with E-state index in [1.165, 1.54) is 13.3 Å². The fourth-order valence-corrected chi connectivity index (χ4v) is 3.08. The van der Waals surface area contributed by atoms with E-state index in [0.717, 1.165) is 11.1 Å². The van der Waals surface area contributed by atoms with Crippen molar-refractivity contribution in [1.82, 2.24) is 5.43 Å². The Kier molecular flexibility index (Phi) is 7.05. The second-order valence-electron chi connectivity index (χ2n) is 5.44. The van der Waals surface area contributed by atoms with Crippen molar-refractivity contribution >= 4 is 44.0 Å².